The van der Waals surface area contributed by atoms with Crippen LogP contribution in [0.3, 0.4) is 0 Å². The van der Waals surface area contributed by atoms with Gasteiger partial charge >= 0.3 is 0 Å². The standard InChI is InChI=1S/C17H23FN6S.HI/c1-19-17(21-10-16-23-22-15-4-3-7-24(15)16)20-9-12-5-6-14(18)8-13(12)11-25-2;/h5-6,8H,3-4,7,9-11H2,1-2H3,(H2,19,20,21);1H. The van der Waals surface area contributed by atoms with Crippen LogP contribution in [0.25, 0.3) is 0 Å². The third-order valence-corrected chi connectivity index (χ3v) is 4.84. The van der Waals surface area contributed by atoms with Gasteiger partial charge in [-0.2, -0.15) is 11.8 Å². The van der Waals surface area contributed by atoms with Crippen LogP contribution in [-0.4, -0.2) is 34.0 Å². The molecule has 0 saturated carbocycles. The number of halogens is 2. The maximum atomic E-state index is 13.4. The zero-order valence-corrected chi connectivity index (χ0v) is 18.1. The van der Waals surface area contributed by atoms with Crippen LogP contribution in [0.1, 0.15) is 29.2 Å². The first kappa shape index (κ1) is 20.9. The van der Waals surface area contributed by atoms with E-state index in [2.05, 4.69) is 30.4 Å². The van der Waals surface area contributed by atoms with E-state index in [9.17, 15) is 4.39 Å². The van der Waals surface area contributed by atoms with Crippen LogP contribution >= 0.6 is 35.7 Å². The molecule has 2 N–H and O–H groups in total. The summed E-state index contributed by atoms with van der Waals surface area (Å²) in [5, 5.41) is 15.0. The summed E-state index contributed by atoms with van der Waals surface area (Å²) >= 11 is 1.68. The molecular formula is C17H24FIN6S. The third kappa shape index (κ3) is 5.09. The molecule has 0 atom stereocenters. The maximum Gasteiger partial charge on any atom is 0.191 e. The van der Waals surface area contributed by atoms with Crippen molar-refractivity contribution in [1.82, 2.24) is 25.4 Å². The summed E-state index contributed by atoms with van der Waals surface area (Å²) in [6.07, 6.45) is 4.15. The number of nitrogens with one attached hydrogen (secondary N) is 2. The molecule has 3 rings (SSSR count). The zero-order chi connectivity index (χ0) is 17.6. The lowest BCUT2D eigenvalue weighted by Gasteiger charge is -2.14. The van der Waals surface area contributed by atoms with Gasteiger partial charge in [-0.1, -0.05) is 6.07 Å². The number of benzene rings is 1. The Labute approximate surface area is 174 Å². The van der Waals surface area contributed by atoms with Crippen molar-refractivity contribution in [2.75, 3.05) is 13.3 Å². The van der Waals surface area contributed by atoms with Gasteiger partial charge in [-0.3, -0.25) is 4.99 Å². The number of nitrogens with zero attached hydrogens (tertiary/aromatic N) is 4. The Bertz CT molecular complexity index is 764. The second-order valence-electron chi connectivity index (χ2n) is 5.91. The van der Waals surface area contributed by atoms with Gasteiger partial charge in [0.15, 0.2) is 11.8 Å². The van der Waals surface area contributed by atoms with E-state index >= 15 is 0 Å². The number of fused-ring (bicyclic) bond motifs is 1. The Hall–Kier alpha value is -1.36. The number of hydrogen-bond donors (Lipinski definition) is 2. The quantitative estimate of drug-likeness (QED) is 0.371. The summed E-state index contributed by atoms with van der Waals surface area (Å²) in [6.45, 7) is 2.15. The average Bonchev–Trinajstić information content (AvgIpc) is 3.21. The average molecular weight is 490 g/mol. The fourth-order valence-corrected chi connectivity index (χ4v) is 3.54. The highest BCUT2D eigenvalue weighted by Gasteiger charge is 2.17. The van der Waals surface area contributed by atoms with Crippen molar-refractivity contribution in [3.8, 4) is 0 Å². The van der Waals surface area contributed by atoms with Crippen LogP contribution in [0.15, 0.2) is 23.2 Å². The first-order valence-electron chi connectivity index (χ1n) is 8.33. The van der Waals surface area contributed by atoms with Crippen molar-refractivity contribution in [3.05, 3.63) is 46.8 Å². The predicted molar refractivity (Wildman–Crippen MR) is 114 cm³/mol. The predicted octanol–water partition coefficient (Wildman–Crippen LogP) is 2.71. The molecule has 9 heteroatoms. The number of aryl methyl sites for hydroxylation is 1. The lowest BCUT2D eigenvalue weighted by molar-refractivity contribution is 0.624. The summed E-state index contributed by atoms with van der Waals surface area (Å²) in [6, 6.07) is 4.92. The van der Waals surface area contributed by atoms with Crippen LogP contribution in [-0.2, 0) is 31.8 Å². The molecule has 26 heavy (non-hydrogen) atoms. The Balaban J connectivity index is 0.00000243. The molecule has 142 valence electrons. The van der Waals surface area contributed by atoms with Crippen LogP contribution < -0.4 is 10.6 Å². The zero-order valence-electron chi connectivity index (χ0n) is 15.0. The fourth-order valence-electron chi connectivity index (χ4n) is 2.96. The first-order chi connectivity index (χ1) is 12.2. The molecule has 6 nitrogen and oxygen atoms in total. The van der Waals surface area contributed by atoms with Gasteiger partial charge in [0.1, 0.15) is 11.6 Å². The summed E-state index contributed by atoms with van der Waals surface area (Å²) in [5.41, 5.74) is 2.08. The second-order valence-corrected chi connectivity index (χ2v) is 6.78. The van der Waals surface area contributed by atoms with Gasteiger partial charge in [0.25, 0.3) is 0 Å². The van der Waals surface area contributed by atoms with Crippen LogP contribution in [0.2, 0.25) is 0 Å². The minimum Gasteiger partial charge on any atom is -0.352 e. The number of aliphatic imine (C=N–C) groups is 1. The van der Waals surface area contributed by atoms with Gasteiger partial charge in [-0.25, -0.2) is 4.39 Å². The molecule has 0 spiro atoms. The van der Waals surface area contributed by atoms with E-state index in [1.54, 1.807) is 24.9 Å². The lowest BCUT2D eigenvalue weighted by Crippen LogP contribution is -2.37. The Kier molecular flexibility index (Phi) is 8.14. The van der Waals surface area contributed by atoms with Gasteiger partial charge in [-0.15, -0.1) is 34.2 Å². The highest BCUT2D eigenvalue weighted by molar-refractivity contribution is 14.0. The summed E-state index contributed by atoms with van der Waals surface area (Å²) < 4.78 is 15.6. The van der Waals surface area contributed by atoms with E-state index in [4.69, 9.17) is 0 Å². The van der Waals surface area contributed by atoms with E-state index in [1.165, 1.54) is 6.07 Å². The molecule has 0 saturated heterocycles. The van der Waals surface area contributed by atoms with Crippen LogP contribution in [0, 0.1) is 5.82 Å². The molecular weight excluding hydrogens is 466 g/mol. The fraction of sp³-hybridized carbons (Fsp3) is 0.471. The lowest BCUT2D eigenvalue weighted by atomic mass is 10.1. The molecule has 1 aromatic carbocycles. The van der Waals surface area contributed by atoms with Crippen LogP contribution in [0.5, 0.6) is 0 Å². The van der Waals surface area contributed by atoms with Crippen molar-refractivity contribution in [2.45, 2.75) is 38.2 Å². The topological polar surface area (TPSA) is 67.1 Å². The normalized spacial score (nSPS) is 13.3. The summed E-state index contributed by atoms with van der Waals surface area (Å²) in [7, 11) is 1.73. The van der Waals surface area contributed by atoms with Gasteiger partial charge in [-0.05, 0) is 35.9 Å². The minimum atomic E-state index is -0.198. The summed E-state index contributed by atoms with van der Waals surface area (Å²) in [5.74, 6) is 3.27. The SMILES string of the molecule is CN=C(NCc1ccc(F)cc1CSC)NCc1nnc2n1CCC2.I. The van der Waals surface area contributed by atoms with Crippen LogP contribution in [0.4, 0.5) is 4.39 Å². The van der Waals surface area contributed by atoms with Crippen molar-refractivity contribution in [1.29, 1.82) is 0 Å². The van der Waals surface area contributed by atoms with E-state index in [-0.39, 0.29) is 29.8 Å². The molecule has 1 aliphatic rings. The number of rotatable bonds is 6. The Morgan fingerprint density at radius 3 is 2.85 bits per heavy atom. The van der Waals surface area contributed by atoms with E-state index < -0.39 is 0 Å². The molecule has 2 heterocycles. The van der Waals surface area contributed by atoms with E-state index in [0.29, 0.717) is 19.0 Å². The molecule has 0 amide bonds. The first-order valence-corrected chi connectivity index (χ1v) is 9.72. The molecule has 0 radical (unpaired) electrons. The van der Waals surface area contributed by atoms with Crippen molar-refractivity contribution in [2.24, 2.45) is 4.99 Å². The molecule has 2 aromatic rings. The van der Waals surface area contributed by atoms with Gasteiger partial charge in [0.05, 0.1) is 6.54 Å². The Morgan fingerprint density at radius 1 is 1.27 bits per heavy atom. The second kappa shape index (κ2) is 10.1. The number of guanidine groups is 1. The van der Waals surface area contributed by atoms with Crippen molar-refractivity contribution >= 4 is 41.7 Å². The van der Waals surface area contributed by atoms with Gasteiger partial charge in [0.2, 0.25) is 0 Å². The van der Waals surface area contributed by atoms with Crippen molar-refractivity contribution < 1.29 is 4.39 Å². The molecule has 0 fully saturated rings. The molecule has 1 aromatic heterocycles. The van der Waals surface area contributed by atoms with Gasteiger partial charge in [0, 0.05) is 32.3 Å². The third-order valence-electron chi connectivity index (χ3n) is 4.24. The largest absolute Gasteiger partial charge is 0.352 e. The molecule has 0 aliphatic carbocycles. The minimum absolute atomic E-state index is 0. The number of thioether (sulfide) groups is 1. The van der Waals surface area contributed by atoms with E-state index in [0.717, 1.165) is 47.9 Å². The van der Waals surface area contributed by atoms with Crippen molar-refractivity contribution in [3.63, 3.8) is 0 Å². The number of aromatic nitrogens is 3. The summed E-state index contributed by atoms with van der Waals surface area (Å²) in [4.78, 5) is 4.25. The Morgan fingerprint density at radius 2 is 2.08 bits per heavy atom. The molecule has 1 aliphatic heterocycles. The number of hydrogen-bond acceptors (Lipinski definition) is 4. The smallest absolute Gasteiger partial charge is 0.191 e. The monoisotopic (exact) mass is 490 g/mol. The molecule has 0 bridgehead atoms. The highest BCUT2D eigenvalue weighted by atomic mass is 127. The van der Waals surface area contributed by atoms with E-state index in [1.807, 2.05) is 12.3 Å². The molecule has 0 unspecified atom stereocenters. The van der Waals surface area contributed by atoms with Gasteiger partial charge < -0.3 is 15.2 Å². The highest BCUT2D eigenvalue weighted by Crippen LogP contribution is 2.17. The maximum absolute atomic E-state index is 13.4.